The quantitative estimate of drug-likeness (QED) is 0.0156. The third-order valence-corrected chi connectivity index (χ3v) is 12.0. The van der Waals surface area contributed by atoms with E-state index in [1.165, 1.54) is 51.4 Å². The van der Waals surface area contributed by atoms with Gasteiger partial charge in [0.05, 0.1) is 33.8 Å². The van der Waals surface area contributed by atoms with Gasteiger partial charge in [-0.2, -0.15) is 0 Å². The third-order valence-electron chi connectivity index (χ3n) is 11.0. The molecule has 0 heterocycles. The zero-order valence-electron chi connectivity index (χ0n) is 45.8. The number of ether oxygens (including phenoxy) is 1. The van der Waals surface area contributed by atoms with Crippen molar-refractivity contribution >= 4 is 19.7 Å². The van der Waals surface area contributed by atoms with Gasteiger partial charge in [0.1, 0.15) is 19.3 Å². The van der Waals surface area contributed by atoms with E-state index in [0.717, 1.165) is 70.6 Å². The number of amides is 1. The molecule has 3 unspecified atom stereocenters. The van der Waals surface area contributed by atoms with Gasteiger partial charge in [0.15, 0.2) is 0 Å². The molecule has 0 radical (unpaired) electrons. The van der Waals surface area contributed by atoms with Crippen LogP contribution < -0.4 is 5.32 Å². The van der Waals surface area contributed by atoms with Crippen molar-refractivity contribution in [3.05, 3.63) is 158 Å². The van der Waals surface area contributed by atoms with Gasteiger partial charge in [-0.25, -0.2) is 4.57 Å². The molecule has 0 aliphatic carbocycles. The van der Waals surface area contributed by atoms with Crippen LogP contribution in [0.5, 0.6) is 0 Å². The number of carbonyl (C=O) groups excluding carboxylic acids is 2. The summed E-state index contributed by atoms with van der Waals surface area (Å²) >= 11 is 0. The highest BCUT2D eigenvalue weighted by Gasteiger charge is 2.30. The molecule has 0 fully saturated rings. The number of phosphoric acid groups is 1. The second-order valence-electron chi connectivity index (χ2n) is 18.9. The van der Waals surface area contributed by atoms with Gasteiger partial charge in [0.2, 0.25) is 5.91 Å². The summed E-state index contributed by atoms with van der Waals surface area (Å²) in [5, 5.41) is 3.00. The second kappa shape index (κ2) is 50.2. The number of esters is 1. The van der Waals surface area contributed by atoms with Crippen molar-refractivity contribution in [3.63, 3.8) is 0 Å². The first-order valence-corrected chi connectivity index (χ1v) is 29.0. The van der Waals surface area contributed by atoms with Crippen LogP contribution in [0.2, 0.25) is 0 Å². The van der Waals surface area contributed by atoms with Crippen molar-refractivity contribution in [2.45, 2.75) is 181 Å². The Morgan fingerprint density at radius 1 is 0.500 bits per heavy atom. The van der Waals surface area contributed by atoms with Gasteiger partial charge in [0.25, 0.3) is 0 Å². The standard InChI is InChI=1S/C62H99N2O7P/c1-7-10-13-16-19-22-25-28-30-32-34-36-39-42-45-48-51-54-61(65)63-59(58-70-72(67,68)69-57-56-64(4,5)6)60(53-50-47-44-41-38-27-24-21-18-15-12-9-3)71-62(66)55-52-49-46-43-40-37-35-33-31-29-26-23-20-17-14-11-8-2/h10-11,13-14,16-17,19-20,22-23,25-26,28-37,39-40,50,53,59-60H,7-9,12,15,18,21,24,27,38,41-49,51-52,54-58H2,1-6H3,(H-,63,65,67,68)/p+1/b13-10-,14-11-,19-16+,20-17+,25-22+,26-23+,30-28-,31-29-,34-32+,35-33+,39-36+,40-37+,53-50+. The first kappa shape index (κ1) is 67.6. The Morgan fingerprint density at radius 2 is 0.889 bits per heavy atom. The molecule has 0 saturated carbocycles. The molecule has 9 nitrogen and oxygen atoms in total. The Kier molecular flexibility index (Phi) is 47.1. The molecule has 404 valence electrons. The highest BCUT2D eigenvalue weighted by atomic mass is 31.2. The van der Waals surface area contributed by atoms with Crippen molar-refractivity contribution in [1.29, 1.82) is 0 Å². The van der Waals surface area contributed by atoms with E-state index in [-0.39, 0.29) is 37.9 Å². The van der Waals surface area contributed by atoms with Crippen LogP contribution in [0, 0.1) is 0 Å². The summed E-state index contributed by atoms with van der Waals surface area (Å²) in [6.07, 6.45) is 73.8. The van der Waals surface area contributed by atoms with E-state index in [4.69, 9.17) is 13.8 Å². The zero-order valence-corrected chi connectivity index (χ0v) is 46.7. The van der Waals surface area contributed by atoms with E-state index in [0.29, 0.717) is 23.9 Å². The number of unbranched alkanes of at least 4 members (excludes halogenated alkanes) is 16. The van der Waals surface area contributed by atoms with E-state index in [1.54, 1.807) is 0 Å². The first-order chi connectivity index (χ1) is 34.9. The van der Waals surface area contributed by atoms with Gasteiger partial charge in [-0.1, -0.05) is 243 Å². The van der Waals surface area contributed by atoms with Crippen molar-refractivity contribution < 1.29 is 37.3 Å². The molecule has 0 aromatic heterocycles. The summed E-state index contributed by atoms with van der Waals surface area (Å²) in [4.78, 5) is 37.5. The van der Waals surface area contributed by atoms with Crippen LogP contribution in [-0.2, 0) is 27.9 Å². The largest absolute Gasteiger partial charge is 0.472 e. The number of hydrogen-bond acceptors (Lipinski definition) is 6. The van der Waals surface area contributed by atoms with Crippen molar-refractivity contribution in [2.24, 2.45) is 0 Å². The van der Waals surface area contributed by atoms with E-state index < -0.39 is 20.0 Å². The number of hydrogen-bond donors (Lipinski definition) is 2. The van der Waals surface area contributed by atoms with E-state index in [9.17, 15) is 19.0 Å². The van der Waals surface area contributed by atoms with Crippen LogP contribution in [-0.4, -0.2) is 74.3 Å². The van der Waals surface area contributed by atoms with E-state index in [1.807, 2.05) is 155 Å². The second-order valence-corrected chi connectivity index (χ2v) is 20.4. The summed E-state index contributed by atoms with van der Waals surface area (Å²) in [7, 11) is 1.40. The number of nitrogens with zero attached hydrogens (tertiary/aromatic N) is 1. The molecule has 0 spiro atoms. The third kappa shape index (κ3) is 50.6. The highest BCUT2D eigenvalue weighted by Crippen LogP contribution is 2.43. The van der Waals surface area contributed by atoms with E-state index >= 15 is 0 Å². The summed E-state index contributed by atoms with van der Waals surface area (Å²) in [5.74, 6) is -0.626. The SMILES string of the molecule is CC\C=C/C=C/C=C/C=C\C=C\C=C\CCCCCC(=O)NC(COP(=O)(O)OCC[N+](C)(C)C)C(/C=C/CCCCCCCCCCCC)OC(=O)CCCCC/C=C/C=C/C=C\C=C\C=C\C=C/CC. The molecule has 0 aromatic carbocycles. The summed E-state index contributed by atoms with van der Waals surface area (Å²) in [6, 6.07) is -0.902. The van der Waals surface area contributed by atoms with Gasteiger partial charge in [-0.05, 0) is 70.3 Å². The number of carbonyl (C=O) groups is 2. The van der Waals surface area contributed by atoms with Crippen LogP contribution >= 0.6 is 7.82 Å². The molecule has 0 saturated heterocycles. The van der Waals surface area contributed by atoms with Crippen LogP contribution in [0.25, 0.3) is 0 Å². The fourth-order valence-electron chi connectivity index (χ4n) is 6.82. The average molecular weight is 1020 g/mol. The smallest absolute Gasteiger partial charge is 0.456 e. The molecule has 0 bridgehead atoms. The Bertz CT molecular complexity index is 1790. The minimum Gasteiger partial charge on any atom is -0.456 e. The normalized spacial score (nSPS) is 15.0. The van der Waals surface area contributed by atoms with Gasteiger partial charge >= 0.3 is 13.8 Å². The highest BCUT2D eigenvalue weighted by molar-refractivity contribution is 7.47. The maximum Gasteiger partial charge on any atom is 0.472 e. The van der Waals surface area contributed by atoms with Crippen molar-refractivity contribution in [2.75, 3.05) is 40.9 Å². The molecule has 0 aliphatic heterocycles. The lowest BCUT2D eigenvalue weighted by Crippen LogP contribution is -2.47. The Labute approximate surface area is 440 Å². The predicted octanol–water partition coefficient (Wildman–Crippen LogP) is 16.5. The molecule has 2 N–H and O–H groups in total. The molecule has 0 aliphatic rings. The molecule has 10 heteroatoms. The molecular weight excluding hydrogens is 916 g/mol. The molecular formula is C62H100N2O7P+. The van der Waals surface area contributed by atoms with E-state index in [2.05, 4.69) is 50.4 Å². The number of phosphoric ester groups is 1. The van der Waals surface area contributed by atoms with Crippen LogP contribution in [0.1, 0.15) is 168 Å². The predicted molar refractivity (Wildman–Crippen MR) is 308 cm³/mol. The maximum absolute atomic E-state index is 13.5. The van der Waals surface area contributed by atoms with Crippen LogP contribution in [0.4, 0.5) is 0 Å². The average Bonchev–Trinajstić information content (AvgIpc) is 3.34. The summed E-state index contributed by atoms with van der Waals surface area (Å²) in [6.45, 7) is 6.60. The summed E-state index contributed by atoms with van der Waals surface area (Å²) in [5.41, 5.74) is 0. The van der Waals surface area contributed by atoms with Gasteiger partial charge in [-0.3, -0.25) is 18.6 Å². The van der Waals surface area contributed by atoms with Crippen molar-refractivity contribution in [3.8, 4) is 0 Å². The van der Waals surface area contributed by atoms with Crippen LogP contribution in [0.15, 0.2) is 158 Å². The van der Waals surface area contributed by atoms with Gasteiger partial charge in [0, 0.05) is 12.8 Å². The first-order valence-electron chi connectivity index (χ1n) is 27.5. The minimum atomic E-state index is -4.48. The fourth-order valence-corrected chi connectivity index (χ4v) is 7.56. The molecule has 1 amide bonds. The monoisotopic (exact) mass is 1020 g/mol. The Balaban J connectivity index is 5.60. The minimum absolute atomic E-state index is 0.0128. The molecule has 72 heavy (non-hydrogen) atoms. The molecule has 0 rings (SSSR count). The molecule has 3 atom stereocenters. The maximum atomic E-state index is 13.5. The fraction of sp³-hybridized carbons (Fsp3) is 0.548. The number of quaternary nitrogens is 1. The number of nitrogens with one attached hydrogen (secondary N) is 1. The molecule has 0 aromatic rings. The lowest BCUT2D eigenvalue weighted by molar-refractivity contribution is -0.870. The Morgan fingerprint density at radius 3 is 1.33 bits per heavy atom. The summed E-state index contributed by atoms with van der Waals surface area (Å²) < 4.78 is 30.5. The number of allylic oxidation sites excluding steroid dienone is 25. The zero-order chi connectivity index (χ0) is 52.9. The number of rotatable bonds is 46. The lowest BCUT2D eigenvalue weighted by atomic mass is 10.1. The van der Waals surface area contributed by atoms with Crippen LogP contribution in [0.3, 0.4) is 0 Å². The number of likely N-dealkylation sites (N-methyl/N-ethyl adjacent to an activating group) is 1. The van der Waals surface area contributed by atoms with Crippen molar-refractivity contribution in [1.82, 2.24) is 5.32 Å². The van der Waals surface area contributed by atoms with Gasteiger partial charge < -0.3 is 19.4 Å². The topological polar surface area (TPSA) is 111 Å². The lowest BCUT2D eigenvalue weighted by Gasteiger charge is -2.27. The Hall–Kier alpha value is -4.37. The van der Waals surface area contributed by atoms with Gasteiger partial charge in [-0.15, -0.1) is 0 Å².